The lowest BCUT2D eigenvalue weighted by atomic mass is 9.87. The Labute approximate surface area is 126 Å². The molecule has 0 heterocycles. The summed E-state index contributed by atoms with van der Waals surface area (Å²) in [4.78, 5) is 12.2. The van der Waals surface area contributed by atoms with Crippen LogP contribution in [0.25, 0.3) is 0 Å². The van der Waals surface area contributed by atoms with Crippen LogP contribution in [-0.2, 0) is 14.8 Å². The van der Waals surface area contributed by atoms with Gasteiger partial charge in [-0.05, 0) is 37.1 Å². The fourth-order valence-electron chi connectivity index (χ4n) is 1.62. The van der Waals surface area contributed by atoms with Crippen molar-refractivity contribution >= 4 is 21.6 Å². The van der Waals surface area contributed by atoms with E-state index in [4.69, 9.17) is 5.73 Å². The number of nitrogens with two attached hydrogens (primary N) is 1. The number of nitrogens with one attached hydrogen (secondary N) is 2. The quantitative estimate of drug-likeness (QED) is 0.777. The Kier molecular flexibility index (Phi) is 5.14. The van der Waals surface area contributed by atoms with E-state index in [1.807, 2.05) is 20.8 Å². The summed E-state index contributed by atoms with van der Waals surface area (Å²) in [6, 6.07) is 3.86. The van der Waals surface area contributed by atoms with Crippen LogP contribution in [0.5, 0.6) is 0 Å². The molecule has 1 amide bonds. The van der Waals surface area contributed by atoms with E-state index in [-0.39, 0.29) is 16.2 Å². The first-order valence-electron chi connectivity index (χ1n) is 6.59. The van der Waals surface area contributed by atoms with Crippen molar-refractivity contribution in [3.63, 3.8) is 0 Å². The first-order valence-corrected chi connectivity index (χ1v) is 8.08. The van der Waals surface area contributed by atoms with E-state index in [9.17, 15) is 13.2 Å². The monoisotopic (exact) mass is 313 g/mol. The zero-order valence-electron chi connectivity index (χ0n) is 13.0. The van der Waals surface area contributed by atoms with Gasteiger partial charge in [-0.1, -0.05) is 26.8 Å². The molecule has 118 valence electrons. The molecular weight excluding hydrogens is 290 g/mol. The van der Waals surface area contributed by atoms with Crippen LogP contribution >= 0.6 is 0 Å². The standard InChI is InChI=1S/C14H23N3O3S/c1-9-6-7-10(21(19,20)16-5)8-11(9)17-13(18)12(15)14(2,3)4/h6-8,12,16H,15H2,1-5H3,(H,17,18)/t12-/m0/s1. The summed E-state index contributed by atoms with van der Waals surface area (Å²) in [7, 11) is -2.22. The van der Waals surface area contributed by atoms with Gasteiger partial charge in [-0.3, -0.25) is 4.79 Å². The first-order chi connectivity index (χ1) is 9.49. The predicted octanol–water partition coefficient (Wildman–Crippen LogP) is 1.22. The molecular formula is C14H23N3O3S. The van der Waals surface area contributed by atoms with Crippen molar-refractivity contribution in [3.8, 4) is 0 Å². The Bertz CT molecular complexity index is 633. The highest BCUT2D eigenvalue weighted by atomic mass is 32.2. The van der Waals surface area contributed by atoms with Crippen LogP contribution in [0.3, 0.4) is 0 Å². The molecule has 0 aliphatic carbocycles. The number of anilines is 1. The molecule has 1 aromatic carbocycles. The number of amides is 1. The second-order valence-electron chi connectivity index (χ2n) is 6.02. The molecule has 1 rings (SSSR count). The smallest absolute Gasteiger partial charge is 0.241 e. The lowest BCUT2D eigenvalue weighted by Crippen LogP contribution is -2.45. The van der Waals surface area contributed by atoms with Gasteiger partial charge in [0.2, 0.25) is 15.9 Å². The van der Waals surface area contributed by atoms with Crippen molar-refractivity contribution in [2.24, 2.45) is 11.1 Å². The molecule has 1 atom stereocenters. The summed E-state index contributed by atoms with van der Waals surface area (Å²) < 4.78 is 25.8. The molecule has 0 aromatic heterocycles. The number of carbonyl (C=O) groups excluding carboxylic acids is 1. The Morgan fingerprint density at radius 3 is 2.33 bits per heavy atom. The first kappa shape index (κ1) is 17.6. The Morgan fingerprint density at radius 1 is 1.29 bits per heavy atom. The van der Waals surface area contributed by atoms with Crippen LogP contribution in [-0.4, -0.2) is 27.4 Å². The highest BCUT2D eigenvalue weighted by Gasteiger charge is 2.28. The van der Waals surface area contributed by atoms with Gasteiger partial charge in [-0.15, -0.1) is 0 Å². The maximum absolute atomic E-state index is 12.1. The molecule has 6 nitrogen and oxygen atoms in total. The van der Waals surface area contributed by atoms with E-state index in [2.05, 4.69) is 10.0 Å². The van der Waals surface area contributed by atoms with Gasteiger partial charge in [-0.2, -0.15) is 0 Å². The van der Waals surface area contributed by atoms with Gasteiger partial charge in [0.05, 0.1) is 10.9 Å². The van der Waals surface area contributed by atoms with E-state index in [1.165, 1.54) is 19.2 Å². The van der Waals surface area contributed by atoms with Crippen LogP contribution in [0.2, 0.25) is 0 Å². The number of sulfonamides is 1. The largest absolute Gasteiger partial charge is 0.324 e. The van der Waals surface area contributed by atoms with Crippen LogP contribution < -0.4 is 15.8 Å². The van der Waals surface area contributed by atoms with Gasteiger partial charge in [0.1, 0.15) is 0 Å². The Hall–Kier alpha value is -1.44. The molecule has 0 fully saturated rings. The van der Waals surface area contributed by atoms with E-state index >= 15 is 0 Å². The molecule has 21 heavy (non-hydrogen) atoms. The van der Waals surface area contributed by atoms with Crippen molar-refractivity contribution < 1.29 is 13.2 Å². The average Bonchev–Trinajstić information content (AvgIpc) is 2.39. The maximum Gasteiger partial charge on any atom is 0.241 e. The van der Waals surface area contributed by atoms with Crippen LogP contribution in [0.15, 0.2) is 23.1 Å². The molecule has 0 saturated heterocycles. The van der Waals surface area contributed by atoms with Gasteiger partial charge in [0, 0.05) is 5.69 Å². The third-order valence-electron chi connectivity index (χ3n) is 3.26. The predicted molar refractivity (Wildman–Crippen MR) is 83.5 cm³/mol. The third-order valence-corrected chi connectivity index (χ3v) is 4.67. The minimum atomic E-state index is -3.55. The SMILES string of the molecule is CNS(=O)(=O)c1ccc(C)c(NC(=O)[C@H](N)C(C)(C)C)c1. The lowest BCUT2D eigenvalue weighted by Gasteiger charge is -2.26. The number of aryl methyl sites for hydroxylation is 1. The van der Waals surface area contributed by atoms with Crippen molar-refractivity contribution in [1.82, 2.24) is 4.72 Å². The van der Waals surface area contributed by atoms with Crippen LogP contribution in [0, 0.1) is 12.3 Å². The summed E-state index contributed by atoms with van der Waals surface area (Å²) >= 11 is 0. The molecule has 0 unspecified atom stereocenters. The molecule has 0 radical (unpaired) electrons. The van der Waals surface area contributed by atoms with Gasteiger partial charge >= 0.3 is 0 Å². The van der Waals surface area contributed by atoms with Gasteiger partial charge in [0.15, 0.2) is 0 Å². The fourth-order valence-corrected chi connectivity index (χ4v) is 2.38. The minimum absolute atomic E-state index is 0.0928. The van der Waals surface area contributed by atoms with Crippen molar-refractivity contribution in [1.29, 1.82) is 0 Å². The van der Waals surface area contributed by atoms with E-state index < -0.39 is 16.1 Å². The number of rotatable bonds is 4. The zero-order chi connectivity index (χ0) is 16.4. The zero-order valence-corrected chi connectivity index (χ0v) is 13.8. The molecule has 4 N–H and O–H groups in total. The highest BCUT2D eigenvalue weighted by molar-refractivity contribution is 7.89. The summed E-state index contributed by atoms with van der Waals surface area (Å²) in [6.45, 7) is 7.39. The van der Waals surface area contributed by atoms with E-state index in [0.717, 1.165) is 5.56 Å². The van der Waals surface area contributed by atoms with Crippen LogP contribution in [0.1, 0.15) is 26.3 Å². The second kappa shape index (κ2) is 6.13. The average molecular weight is 313 g/mol. The van der Waals surface area contributed by atoms with Crippen LogP contribution in [0.4, 0.5) is 5.69 Å². The van der Waals surface area contributed by atoms with Gasteiger partial charge in [-0.25, -0.2) is 13.1 Å². The third kappa shape index (κ3) is 4.26. The summed E-state index contributed by atoms with van der Waals surface area (Å²) in [6.07, 6.45) is 0. The van der Waals surface area contributed by atoms with E-state index in [0.29, 0.717) is 5.69 Å². The molecule has 0 aliphatic heterocycles. The summed E-state index contributed by atoms with van der Waals surface area (Å²) in [5, 5.41) is 2.70. The number of benzene rings is 1. The normalized spacial score (nSPS) is 13.8. The number of hydrogen-bond donors (Lipinski definition) is 3. The maximum atomic E-state index is 12.1. The van der Waals surface area contributed by atoms with Crippen molar-refractivity contribution in [2.75, 3.05) is 12.4 Å². The summed E-state index contributed by atoms with van der Waals surface area (Å²) in [5.74, 6) is -0.343. The minimum Gasteiger partial charge on any atom is -0.324 e. The molecule has 0 bridgehead atoms. The molecule has 0 saturated carbocycles. The Morgan fingerprint density at radius 2 is 1.86 bits per heavy atom. The molecule has 0 spiro atoms. The summed E-state index contributed by atoms with van der Waals surface area (Å²) in [5.41, 5.74) is 6.72. The van der Waals surface area contributed by atoms with Gasteiger partial charge < -0.3 is 11.1 Å². The fraction of sp³-hybridized carbons (Fsp3) is 0.500. The Balaban J connectivity index is 3.10. The lowest BCUT2D eigenvalue weighted by molar-refractivity contribution is -0.119. The number of carbonyl (C=O) groups is 1. The van der Waals surface area contributed by atoms with E-state index in [1.54, 1.807) is 13.0 Å². The van der Waals surface area contributed by atoms with Gasteiger partial charge in [0.25, 0.3) is 0 Å². The molecule has 1 aromatic rings. The highest BCUT2D eigenvalue weighted by Crippen LogP contribution is 2.23. The molecule has 7 heteroatoms. The van der Waals surface area contributed by atoms with Crippen molar-refractivity contribution in [2.45, 2.75) is 38.6 Å². The topological polar surface area (TPSA) is 101 Å². The molecule has 0 aliphatic rings. The number of hydrogen-bond acceptors (Lipinski definition) is 4. The van der Waals surface area contributed by atoms with Crippen molar-refractivity contribution in [3.05, 3.63) is 23.8 Å². The second-order valence-corrected chi connectivity index (χ2v) is 7.90.